The first kappa shape index (κ1) is 57.2. The highest BCUT2D eigenvalue weighted by Gasteiger charge is 2.44. The summed E-state index contributed by atoms with van der Waals surface area (Å²) in [6.07, 6.45) is 19.4. The summed E-state index contributed by atoms with van der Waals surface area (Å²) in [5, 5.41) is 17.0. The third-order valence-corrected chi connectivity index (χ3v) is 14.0. The third-order valence-electron chi connectivity index (χ3n) is 13.1. The molecule has 0 aliphatic carbocycles. The van der Waals surface area contributed by atoms with Crippen molar-refractivity contribution >= 4 is 67.0 Å². The van der Waals surface area contributed by atoms with Crippen molar-refractivity contribution < 1.29 is 54.3 Å². The molecule has 3 heterocycles. The number of amides is 3. The van der Waals surface area contributed by atoms with E-state index in [9.17, 15) is 42.3 Å². The number of carbonyl (C=O) groups excluding carboxylic acids is 4. The summed E-state index contributed by atoms with van der Waals surface area (Å²) in [7, 11) is -7.78. The molecule has 18 nitrogen and oxygen atoms in total. The number of benzene rings is 3. The molecule has 3 aliphatic rings. The number of carbonyl (C=O) groups is 4. The lowest BCUT2D eigenvalue weighted by atomic mass is 9.81. The highest BCUT2D eigenvalue weighted by Crippen LogP contribution is 2.48. The SMILES string of the molecule is CC1(C)C(=CC=CC=CC2=[N+](CCCCCC(=O)NCCN3C(=O)C=CC3=O)c3ccccc3C2(C)C)N(CCCCCC(=O)CCCNCc2ccc([N+](=O)[O-])cc2)c2ccc(S(=O)(=O)[O-])cc21.O=S(=O)=O. The maximum absolute atomic E-state index is 12.7. The summed E-state index contributed by atoms with van der Waals surface area (Å²) in [6, 6.07) is 19.4. The Morgan fingerprint density at radius 3 is 2.10 bits per heavy atom. The van der Waals surface area contributed by atoms with E-state index in [1.807, 2.05) is 44.2 Å². The Bertz CT molecular complexity index is 2900. The Kier molecular flexibility index (Phi) is 20.6. The fourth-order valence-corrected chi connectivity index (χ4v) is 9.84. The summed E-state index contributed by atoms with van der Waals surface area (Å²) in [5.74, 6) is -0.632. The van der Waals surface area contributed by atoms with Crippen LogP contribution in [0.25, 0.3) is 0 Å². The first-order valence-electron chi connectivity index (χ1n) is 24.3. The number of nitro groups is 1. The summed E-state index contributed by atoms with van der Waals surface area (Å²) in [5.41, 5.74) is 6.22. The number of ketones is 1. The van der Waals surface area contributed by atoms with E-state index < -0.39 is 31.1 Å². The number of nitro benzene ring substituents is 1. The van der Waals surface area contributed by atoms with Crippen LogP contribution in [0, 0.1) is 10.1 Å². The minimum Gasteiger partial charge on any atom is -0.744 e. The highest BCUT2D eigenvalue weighted by atomic mass is 32.2. The fraction of sp³-hybridized carbons (Fsp3) is 0.415. The molecule has 73 heavy (non-hydrogen) atoms. The van der Waals surface area contributed by atoms with Crippen LogP contribution in [0.5, 0.6) is 0 Å². The number of nitrogens with one attached hydrogen (secondary N) is 2. The van der Waals surface area contributed by atoms with E-state index >= 15 is 0 Å². The molecule has 20 heteroatoms. The van der Waals surface area contributed by atoms with E-state index in [1.165, 1.54) is 42.0 Å². The Balaban J connectivity index is 0.00000238. The number of Topliss-reactive ketones (excluding diaryl/α,β-unsaturated/α-hetero) is 1. The molecule has 390 valence electrons. The monoisotopic (exact) mass is 1040 g/mol. The van der Waals surface area contributed by atoms with Gasteiger partial charge in [-0.25, -0.2) is 8.42 Å². The Morgan fingerprint density at radius 2 is 1.41 bits per heavy atom. The number of fused-ring (bicyclic) bond motifs is 2. The second-order valence-corrected chi connectivity index (χ2v) is 20.8. The first-order valence-corrected chi connectivity index (χ1v) is 26.7. The molecule has 3 aromatic carbocycles. The van der Waals surface area contributed by atoms with Crippen molar-refractivity contribution in [3.05, 3.63) is 142 Å². The quantitative estimate of drug-likeness (QED) is 0.0157. The van der Waals surface area contributed by atoms with Crippen molar-refractivity contribution in [3.8, 4) is 0 Å². The van der Waals surface area contributed by atoms with E-state index in [0.717, 1.165) is 77.5 Å². The van der Waals surface area contributed by atoms with Crippen LogP contribution in [0.3, 0.4) is 0 Å². The number of non-ortho nitro benzene ring substituents is 1. The molecule has 0 atom stereocenters. The number of allylic oxidation sites excluding steroid dienone is 6. The number of para-hydroxylation sites is 1. The molecule has 3 aliphatic heterocycles. The van der Waals surface area contributed by atoms with Gasteiger partial charge in [-0.15, -0.1) is 12.6 Å². The largest absolute Gasteiger partial charge is 0.744 e. The number of hydrogen-bond acceptors (Lipinski definition) is 14. The van der Waals surface area contributed by atoms with Crippen LogP contribution in [-0.4, -0.2) is 102 Å². The summed E-state index contributed by atoms with van der Waals surface area (Å²) >= 11 is 0. The van der Waals surface area contributed by atoms with Crippen molar-refractivity contribution in [3.63, 3.8) is 0 Å². The molecule has 0 unspecified atom stereocenters. The minimum atomic E-state index is -4.67. The van der Waals surface area contributed by atoms with Crippen LogP contribution >= 0.6 is 0 Å². The molecule has 0 spiro atoms. The van der Waals surface area contributed by atoms with Gasteiger partial charge in [-0.3, -0.25) is 34.2 Å². The summed E-state index contributed by atoms with van der Waals surface area (Å²) < 4.78 is 64.0. The maximum atomic E-state index is 12.7. The van der Waals surface area contributed by atoms with Crippen molar-refractivity contribution in [2.24, 2.45) is 0 Å². The predicted molar refractivity (Wildman–Crippen MR) is 275 cm³/mol. The number of unbranched alkanes of at least 4 members (excludes halogenated alkanes) is 4. The van der Waals surface area contributed by atoms with Gasteiger partial charge in [-0.2, -0.15) is 4.58 Å². The van der Waals surface area contributed by atoms with Gasteiger partial charge in [0.05, 0.1) is 15.2 Å². The van der Waals surface area contributed by atoms with Crippen LogP contribution in [0.15, 0.2) is 120 Å². The van der Waals surface area contributed by atoms with Crippen molar-refractivity contribution in [2.45, 2.75) is 114 Å². The fourth-order valence-electron chi connectivity index (χ4n) is 9.34. The average molecular weight is 1040 g/mol. The van der Waals surface area contributed by atoms with Crippen LogP contribution in [-0.2, 0) is 57.3 Å². The molecule has 3 aromatic rings. The lowest BCUT2D eigenvalue weighted by molar-refractivity contribution is -0.438. The van der Waals surface area contributed by atoms with E-state index in [1.54, 1.807) is 18.2 Å². The van der Waals surface area contributed by atoms with Crippen LogP contribution in [0.1, 0.15) is 109 Å². The summed E-state index contributed by atoms with van der Waals surface area (Å²) in [6.45, 7) is 11.5. The second-order valence-electron chi connectivity index (χ2n) is 19.0. The Morgan fingerprint density at radius 1 is 0.753 bits per heavy atom. The molecule has 6 rings (SSSR count). The van der Waals surface area contributed by atoms with E-state index in [0.29, 0.717) is 51.7 Å². The zero-order valence-corrected chi connectivity index (χ0v) is 43.3. The van der Waals surface area contributed by atoms with Crippen molar-refractivity contribution in [1.82, 2.24) is 15.5 Å². The van der Waals surface area contributed by atoms with Gasteiger partial charge >= 0.3 is 10.6 Å². The molecule has 0 fully saturated rings. The molecule has 0 aromatic heterocycles. The first-order chi connectivity index (χ1) is 34.6. The van der Waals surface area contributed by atoms with Gasteiger partial charge in [0.15, 0.2) is 5.71 Å². The topological polar surface area (TPSA) is 253 Å². The van der Waals surface area contributed by atoms with Gasteiger partial charge in [0.25, 0.3) is 17.5 Å². The zero-order chi connectivity index (χ0) is 53.3. The minimum absolute atomic E-state index is 0.0529. The molecule has 3 amide bonds. The van der Waals surface area contributed by atoms with Crippen LogP contribution < -0.4 is 15.5 Å². The van der Waals surface area contributed by atoms with Gasteiger partial charge in [-0.05, 0) is 87.9 Å². The smallest absolute Gasteiger partial charge is 0.425 e. The number of imide groups is 1. The highest BCUT2D eigenvalue weighted by molar-refractivity contribution is 7.85. The van der Waals surface area contributed by atoms with Gasteiger partial charge in [0.1, 0.15) is 22.4 Å². The number of rotatable bonds is 26. The predicted octanol–water partition coefficient (Wildman–Crippen LogP) is 6.97. The van der Waals surface area contributed by atoms with Crippen LogP contribution in [0.2, 0.25) is 0 Å². The molecule has 0 saturated carbocycles. The second kappa shape index (κ2) is 26.3. The zero-order valence-electron chi connectivity index (χ0n) is 41.7. The third kappa shape index (κ3) is 15.9. The Hall–Kier alpha value is -6.74. The number of anilines is 1. The van der Waals surface area contributed by atoms with E-state index in [2.05, 4.69) is 58.2 Å². The van der Waals surface area contributed by atoms with Crippen molar-refractivity contribution in [2.75, 3.05) is 37.6 Å². The lowest BCUT2D eigenvalue weighted by Crippen LogP contribution is -2.38. The van der Waals surface area contributed by atoms with Gasteiger partial charge in [0, 0.05) is 111 Å². The van der Waals surface area contributed by atoms with Crippen LogP contribution in [0.4, 0.5) is 17.1 Å². The molecule has 2 N–H and O–H groups in total. The average Bonchev–Trinajstić information content (AvgIpc) is 3.85. The molecular formula is C53H64N6O12S2. The molecule has 0 radical (unpaired) electrons. The summed E-state index contributed by atoms with van der Waals surface area (Å²) in [4.78, 5) is 62.2. The molecular weight excluding hydrogens is 977 g/mol. The maximum Gasteiger partial charge on any atom is 0.425 e. The van der Waals surface area contributed by atoms with Gasteiger partial charge < -0.3 is 20.1 Å². The van der Waals surface area contributed by atoms with E-state index in [4.69, 9.17) is 12.6 Å². The van der Waals surface area contributed by atoms with E-state index in [-0.39, 0.29) is 52.6 Å². The lowest BCUT2D eigenvalue weighted by Gasteiger charge is -2.27. The number of nitrogens with zero attached hydrogens (tertiary/aromatic N) is 4. The van der Waals surface area contributed by atoms with Gasteiger partial charge in [0.2, 0.25) is 11.6 Å². The normalized spacial score (nSPS) is 16.1. The van der Waals surface area contributed by atoms with Gasteiger partial charge in [-0.1, -0.05) is 68.8 Å². The Labute approximate surface area is 428 Å². The van der Waals surface area contributed by atoms with Crippen molar-refractivity contribution in [1.29, 1.82) is 0 Å². The number of hydrogen-bond donors (Lipinski definition) is 2. The molecule has 0 saturated heterocycles. The standard InChI is InChI=1S/C53H64N6O9S.O3S/c1-52(2)43-19-12-13-20-45(43)56(34-15-7-11-23-49(61)55-33-36-58-50(62)30-31-51(58)63)47(52)21-9-5-10-22-48-53(3,4)44-37-42(69(66,67)68)28-29-46(44)57(48)35-14-6-8-17-41(60)18-16-32-54-38-39-24-26-40(27-25-39)59(64)65;1-4(2)3/h5,9-10,12-13,19-22,24-31,37,54H,6-8,11,14-18,23,32-36,38H2,1-4H3,(H-,55,61,66,67,68);. The molecule has 0 bridgehead atoms.